The molecule has 2 fully saturated rings. The van der Waals surface area contributed by atoms with Crippen molar-refractivity contribution in [3.05, 3.63) is 68.7 Å². The molecular weight excluding hydrogens is 520 g/mol. The number of likely N-dealkylation sites (N-methyl/N-ethyl adjacent to an activating group) is 1. The quantitative estimate of drug-likeness (QED) is 0.601. The number of likely N-dealkylation sites (tertiary alicyclic amines) is 1. The molecule has 2 amide bonds. The Morgan fingerprint density at radius 2 is 1.79 bits per heavy atom. The monoisotopic (exact) mass is 545 g/mol. The minimum Gasteiger partial charge on any atom is -0.392 e. The lowest BCUT2D eigenvalue weighted by atomic mass is 9.84. The van der Waals surface area contributed by atoms with Crippen LogP contribution in [0.4, 0.5) is 0 Å². The summed E-state index contributed by atoms with van der Waals surface area (Å²) in [4.78, 5) is 29.9. The van der Waals surface area contributed by atoms with Gasteiger partial charge in [-0.25, -0.2) is 0 Å². The second-order valence-corrected chi connectivity index (χ2v) is 9.94. The minimum atomic E-state index is -0.509. The van der Waals surface area contributed by atoms with Gasteiger partial charge in [-0.1, -0.05) is 40.9 Å². The highest BCUT2D eigenvalue weighted by molar-refractivity contribution is 6.42. The van der Waals surface area contributed by atoms with Gasteiger partial charge in [0, 0.05) is 49.2 Å². The van der Waals surface area contributed by atoms with Crippen molar-refractivity contribution in [2.45, 2.75) is 36.9 Å². The molecule has 0 aromatic heterocycles. The van der Waals surface area contributed by atoms with Crippen molar-refractivity contribution in [2.24, 2.45) is 0 Å². The molecule has 2 heterocycles. The number of carbonyl (C=O) groups excluding carboxylic acids is 2. The summed E-state index contributed by atoms with van der Waals surface area (Å²) in [6.07, 6.45) is 0.512. The van der Waals surface area contributed by atoms with E-state index in [0.717, 1.165) is 5.56 Å². The maximum absolute atomic E-state index is 13.2. The van der Waals surface area contributed by atoms with Crippen molar-refractivity contribution in [1.82, 2.24) is 15.1 Å². The summed E-state index contributed by atoms with van der Waals surface area (Å²) >= 11 is 18.4. The second kappa shape index (κ2) is 11.5. The highest BCUT2D eigenvalue weighted by atomic mass is 35.5. The largest absolute Gasteiger partial charge is 0.392 e. The molecule has 2 aliphatic heterocycles. The van der Waals surface area contributed by atoms with Crippen molar-refractivity contribution < 1.29 is 14.7 Å². The van der Waals surface area contributed by atoms with Gasteiger partial charge in [0.05, 0.1) is 22.2 Å². The minimum absolute atomic E-state index is 0. The van der Waals surface area contributed by atoms with Crippen LogP contribution in [0, 0.1) is 0 Å². The summed E-state index contributed by atoms with van der Waals surface area (Å²) in [6, 6.07) is 11.7. The van der Waals surface area contributed by atoms with E-state index in [1.807, 2.05) is 17.0 Å². The Kier molecular flexibility index (Phi) is 9.12. The zero-order chi connectivity index (χ0) is 23.7. The van der Waals surface area contributed by atoms with Crippen LogP contribution in [0.2, 0.25) is 15.1 Å². The predicted octanol–water partition coefficient (Wildman–Crippen LogP) is 4.25. The maximum Gasteiger partial charge on any atom is 0.253 e. The molecule has 4 rings (SSSR count). The van der Waals surface area contributed by atoms with Crippen molar-refractivity contribution in [2.75, 3.05) is 26.7 Å². The summed E-state index contributed by atoms with van der Waals surface area (Å²) < 4.78 is 0. The molecule has 0 saturated carbocycles. The van der Waals surface area contributed by atoms with Gasteiger partial charge in [0.2, 0.25) is 5.91 Å². The number of rotatable bonds is 4. The zero-order valence-electron chi connectivity index (χ0n) is 18.6. The lowest BCUT2D eigenvalue weighted by Crippen LogP contribution is -2.54. The first-order chi connectivity index (χ1) is 15.7. The van der Waals surface area contributed by atoms with Crippen LogP contribution in [0.1, 0.15) is 34.7 Å². The van der Waals surface area contributed by atoms with Crippen LogP contribution in [-0.4, -0.2) is 71.6 Å². The molecule has 2 saturated heterocycles. The SMILES string of the molecule is CN(C(=O)c1ccc(Cl)cc1)[C@@H]1CCN(C(=O)[C@H]2C[C@@H](O)CN2)C[C@H]1c1ccc(Cl)c(Cl)c1.Cl. The highest BCUT2D eigenvalue weighted by Crippen LogP contribution is 2.35. The number of carbonyl (C=O) groups is 2. The average molecular weight is 547 g/mol. The Hall–Kier alpha value is -1.54. The third-order valence-corrected chi connectivity index (χ3v) is 7.57. The first kappa shape index (κ1) is 27.1. The standard InChI is InChI=1S/C24H26Cl3N3O3.ClH/c1-29(23(32)14-2-5-16(25)6-3-14)22-8-9-30(24(33)21-11-17(31)12-28-21)13-18(22)15-4-7-19(26)20(27)10-15;/h2-7,10,17-18,21-22,28,31H,8-9,11-13H2,1H3;1H/t17-,18+,21-,22-;/m1./s1. The van der Waals surface area contributed by atoms with E-state index in [2.05, 4.69) is 5.32 Å². The van der Waals surface area contributed by atoms with Crippen LogP contribution in [-0.2, 0) is 4.79 Å². The molecule has 2 aromatic rings. The lowest BCUT2D eigenvalue weighted by Gasteiger charge is -2.43. The summed E-state index contributed by atoms with van der Waals surface area (Å²) in [5, 5.41) is 14.4. The van der Waals surface area contributed by atoms with Gasteiger partial charge in [-0.05, 0) is 54.8 Å². The van der Waals surface area contributed by atoms with Crippen molar-refractivity contribution in [1.29, 1.82) is 0 Å². The van der Waals surface area contributed by atoms with Gasteiger partial charge in [0.1, 0.15) is 0 Å². The number of benzene rings is 2. The van der Waals surface area contributed by atoms with Crippen LogP contribution in [0.15, 0.2) is 42.5 Å². The lowest BCUT2D eigenvalue weighted by molar-refractivity contribution is -0.135. The van der Waals surface area contributed by atoms with Gasteiger partial charge in [0.25, 0.3) is 5.91 Å². The first-order valence-electron chi connectivity index (χ1n) is 10.9. The van der Waals surface area contributed by atoms with E-state index < -0.39 is 6.10 Å². The van der Waals surface area contributed by atoms with E-state index in [1.165, 1.54) is 0 Å². The van der Waals surface area contributed by atoms with Crippen molar-refractivity contribution in [3.63, 3.8) is 0 Å². The normalized spacial score (nSPS) is 24.4. The third-order valence-electron chi connectivity index (χ3n) is 6.57. The number of aliphatic hydroxyl groups excluding tert-OH is 1. The molecule has 2 aromatic carbocycles. The smallest absolute Gasteiger partial charge is 0.253 e. The summed E-state index contributed by atoms with van der Waals surface area (Å²) in [6.45, 7) is 1.38. The molecule has 10 heteroatoms. The molecule has 2 N–H and O–H groups in total. The number of aliphatic hydroxyl groups is 1. The fourth-order valence-electron chi connectivity index (χ4n) is 4.75. The fourth-order valence-corrected chi connectivity index (χ4v) is 5.18. The third kappa shape index (κ3) is 5.81. The van der Waals surface area contributed by atoms with E-state index in [-0.39, 0.29) is 42.2 Å². The molecule has 0 radical (unpaired) electrons. The zero-order valence-corrected chi connectivity index (χ0v) is 21.7. The van der Waals surface area contributed by atoms with Gasteiger partial charge < -0.3 is 20.2 Å². The highest BCUT2D eigenvalue weighted by Gasteiger charge is 2.39. The number of nitrogens with one attached hydrogen (secondary N) is 1. The van der Waals surface area contributed by atoms with Gasteiger partial charge >= 0.3 is 0 Å². The predicted molar refractivity (Wildman–Crippen MR) is 137 cm³/mol. The molecule has 0 unspecified atom stereocenters. The van der Waals surface area contributed by atoms with Gasteiger partial charge in [-0.2, -0.15) is 0 Å². The van der Waals surface area contributed by atoms with E-state index in [1.54, 1.807) is 42.3 Å². The Bertz CT molecular complexity index is 1040. The number of halogens is 4. The van der Waals surface area contributed by atoms with Crippen LogP contribution >= 0.6 is 47.2 Å². The molecular formula is C24H27Cl4N3O3. The Morgan fingerprint density at radius 3 is 2.41 bits per heavy atom. The summed E-state index contributed by atoms with van der Waals surface area (Å²) in [5.41, 5.74) is 1.47. The van der Waals surface area contributed by atoms with E-state index >= 15 is 0 Å². The van der Waals surface area contributed by atoms with E-state index in [0.29, 0.717) is 53.1 Å². The molecule has 0 bridgehead atoms. The first-order valence-corrected chi connectivity index (χ1v) is 12.1. The second-order valence-electron chi connectivity index (χ2n) is 8.69. The number of hydrogen-bond acceptors (Lipinski definition) is 4. The number of amides is 2. The number of nitrogens with zero attached hydrogens (tertiary/aromatic N) is 2. The molecule has 0 aliphatic carbocycles. The molecule has 6 nitrogen and oxygen atoms in total. The Labute approximate surface area is 220 Å². The fraction of sp³-hybridized carbons (Fsp3) is 0.417. The number of hydrogen-bond donors (Lipinski definition) is 2. The molecule has 4 atom stereocenters. The number of β-amino-alcohol motifs (C(OH)–C–C–N with tert-alkyl or cyclic N) is 1. The Morgan fingerprint density at radius 1 is 1.09 bits per heavy atom. The Balaban J connectivity index is 0.00000324. The van der Waals surface area contributed by atoms with Gasteiger partial charge in [-0.3, -0.25) is 9.59 Å². The summed E-state index contributed by atoms with van der Waals surface area (Å²) in [7, 11) is 1.79. The van der Waals surface area contributed by atoms with Crippen LogP contribution in [0.5, 0.6) is 0 Å². The van der Waals surface area contributed by atoms with Crippen LogP contribution < -0.4 is 5.32 Å². The topological polar surface area (TPSA) is 72.9 Å². The van der Waals surface area contributed by atoms with Gasteiger partial charge in [-0.15, -0.1) is 12.4 Å². The van der Waals surface area contributed by atoms with Gasteiger partial charge in [0.15, 0.2) is 0 Å². The number of piperidine rings is 1. The average Bonchev–Trinajstić information content (AvgIpc) is 3.26. The van der Waals surface area contributed by atoms with E-state index in [4.69, 9.17) is 34.8 Å². The van der Waals surface area contributed by atoms with Crippen molar-refractivity contribution >= 4 is 59.0 Å². The summed E-state index contributed by atoms with van der Waals surface area (Å²) in [5.74, 6) is -0.283. The molecule has 0 spiro atoms. The van der Waals surface area contributed by atoms with Crippen LogP contribution in [0.25, 0.3) is 0 Å². The van der Waals surface area contributed by atoms with E-state index in [9.17, 15) is 14.7 Å². The maximum atomic E-state index is 13.2. The molecule has 34 heavy (non-hydrogen) atoms. The van der Waals surface area contributed by atoms with Crippen LogP contribution in [0.3, 0.4) is 0 Å². The molecule has 184 valence electrons. The molecule has 2 aliphatic rings. The van der Waals surface area contributed by atoms with Crippen molar-refractivity contribution in [3.8, 4) is 0 Å².